The van der Waals surface area contributed by atoms with Gasteiger partial charge in [-0.15, -0.1) is 0 Å². The topological polar surface area (TPSA) is 126 Å². The Kier molecular flexibility index (Phi) is 7.39. The Hall–Kier alpha value is -4.39. The van der Waals surface area contributed by atoms with Gasteiger partial charge in [-0.25, -0.2) is 9.18 Å². The Bertz CT molecular complexity index is 1380. The van der Waals surface area contributed by atoms with Gasteiger partial charge in [-0.2, -0.15) is 10.4 Å². The lowest BCUT2D eigenvalue weighted by molar-refractivity contribution is 0.0105. The molecule has 1 fully saturated rings. The summed E-state index contributed by atoms with van der Waals surface area (Å²) >= 11 is 0. The molecule has 0 spiro atoms. The number of primary amides is 1. The van der Waals surface area contributed by atoms with Crippen LogP contribution in [0.25, 0.3) is 11.1 Å². The molecule has 38 heavy (non-hydrogen) atoms. The highest BCUT2D eigenvalue weighted by Crippen LogP contribution is 2.36. The zero-order valence-corrected chi connectivity index (χ0v) is 21.7. The van der Waals surface area contributed by atoms with Crippen LogP contribution in [0.15, 0.2) is 54.7 Å². The molecule has 10 heteroatoms. The lowest BCUT2D eigenvalue weighted by Gasteiger charge is -2.40. The zero-order chi connectivity index (χ0) is 27.5. The van der Waals surface area contributed by atoms with E-state index in [1.165, 1.54) is 6.07 Å². The molecule has 1 saturated heterocycles. The van der Waals surface area contributed by atoms with Crippen LogP contribution in [0.1, 0.15) is 50.4 Å². The van der Waals surface area contributed by atoms with Crippen molar-refractivity contribution in [2.24, 2.45) is 5.73 Å². The Labute approximate surface area is 221 Å². The number of carbonyl (C=O) groups excluding carboxylic acids is 2. The highest BCUT2D eigenvalue weighted by atomic mass is 19.1. The molecule has 9 nitrogen and oxygen atoms in total. The minimum atomic E-state index is -0.730. The third-order valence-electron chi connectivity index (χ3n) is 6.53. The van der Waals surface area contributed by atoms with Gasteiger partial charge in [0.25, 0.3) is 5.91 Å². The highest BCUT2D eigenvalue weighted by Gasteiger charge is 2.40. The van der Waals surface area contributed by atoms with E-state index in [-0.39, 0.29) is 23.6 Å². The number of nitriles is 1. The second-order valence-corrected chi connectivity index (χ2v) is 10.4. The number of anilines is 2. The number of aromatic nitrogens is 2. The number of nitrogens with zero attached hydrogens (tertiary/aromatic N) is 4. The van der Waals surface area contributed by atoms with E-state index in [4.69, 9.17) is 10.5 Å². The number of halogens is 1. The first kappa shape index (κ1) is 26.7. The Morgan fingerprint density at radius 3 is 2.53 bits per heavy atom. The highest BCUT2D eigenvalue weighted by molar-refractivity contribution is 5.98. The summed E-state index contributed by atoms with van der Waals surface area (Å²) in [5, 5.41) is 17.4. The van der Waals surface area contributed by atoms with Gasteiger partial charge in [0.1, 0.15) is 17.0 Å². The normalized spacial score (nSPS) is 15.0. The van der Waals surface area contributed by atoms with E-state index >= 15 is 0 Å². The van der Waals surface area contributed by atoms with E-state index < -0.39 is 23.1 Å². The van der Waals surface area contributed by atoms with Crippen LogP contribution in [0.5, 0.6) is 0 Å². The van der Waals surface area contributed by atoms with Crippen LogP contribution in [-0.2, 0) is 10.3 Å². The van der Waals surface area contributed by atoms with Gasteiger partial charge in [0.15, 0.2) is 5.82 Å². The number of likely N-dealkylation sites (tertiary alicyclic amines) is 1. The molecule has 3 aromatic rings. The number of ether oxygens (including phenoxy) is 1. The van der Waals surface area contributed by atoms with E-state index in [1.54, 1.807) is 58.2 Å². The molecule has 0 saturated carbocycles. The minimum absolute atomic E-state index is 0.136. The molecule has 4 rings (SSSR count). The van der Waals surface area contributed by atoms with Gasteiger partial charge >= 0.3 is 6.09 Å². The van der Waals surface area contributed by atoms with E-state index in [0.29, 0.717) is 42.7 Å². The van der Waals surface area contributed by atoms with Crippen molar-refractivity contribution in [1.82, 2.24) is 14.7 Å². The SMILES string of the molecule is CC(C)(C)OC(=O)N1CCC(CC#N)(n2cc(C(N)=O)c(Nc3cccc(-c4ccccc4F)c3)n2)CC1. The summed E-state index contributed by atoms with van der Waals surface area (Å²) in [5.74, 6) is -0.791. The Balaban J connectivity index is 1.60. The molecule has 2 aromatic carbocycles. The van der Waals surface area contributed by atoms with Gasteiger partial charge in [0, 0.05) is 30.5 Å². The molecule has 198 valence electrons. The average Bonchev–Trinajstić information content (AvgIpc) is 3.29. The molecule has 0 unspecified atom stereocenters. The molecule has 1 aromatic heterocycles. The molecule has 0 bridgehead atoms. The third-order valence-corrected chi connectivity index (χ3v) is 6.53. The maximum Gasteiger partial charge on any atom is 0.410 e. The predicted octanol–water partition coefficient (Wildman–Crippen LogP) is 5.17. The number of nitrogens with one attached hydrogen (secondary N) is 1. The summed E-state index contributed by atoms with van der Waals surface area (Å²) < 4.78 is 21.4. The molecule has 1 aliphatic rings. The van der Waals surface area contributed by atoms with E-state index in [0.717, 1.165) is 0 Å². The second kappa shape index (κ2) is 10.5. The summed E-state index contributed by atoms with van der Waals surface area (Å²) in [6.45, 7) is 6.17. The van der Waals surface area contributed by atoms with Crippen LogP contribution in [-0.4, -0.2) is 45.4 Å². The van der Waals surface area contributed by atoms with Crippen LogP contribution in [0.3, 0.4) is 0 Å². The van der Waals surface area contributed by atoms with Crippen LogP contribution < -0.4 is 11.1 Å². The van der Waals surface area contributed by atoms with Crippen LogP contribution in [0, 0.1) is 17.1 Å². The molecular weight excluding hydrogens is 487 g/mol. The van der Waals surface area contributed by atoms with Crippen molar-refractivity contribution in [2.45, 2.75) is 51.2 Å². The Morgan fingerprint density at radius 2 is 1.89 bits per heavy atom. The maximum atomic E-state index is 14.3. The van der Waals surface area contributed by atoms with E-state index in [2.05, 4.69) is 16.5 Å². The Morgan fingerprint density at radius 1 is 1.18 bits per heavy atom. The molecule has 2 amide bonds. The predicted molar refractivity (Wildman–Crippen MR) is 141 cm³/mol. The molecule has 1 aliphatic heterocycles. The van der Waals surface area contributed by atoms with Crippen molar-refractivity contribution in [2.75, 3.05) is 18.4 Å². The van der Waals surface area contributed by atoms with Gasteiger partial charge < -0.3 is 20.7 Å². The first-order valence-electron chi connectivity index (χ1n) is 12.4. The van der Waals surface area contributed by atoms with Crippen molar-refractivity contribution >= 4 is 23.5 Å². The smallest absolute Gasteiger partial charge is 0.410 e. The molecule has 0 aliphatic carbocycles. The van der Waals surface area contributed by atoms with Gasteiger partial charge in [-0.3, -0.25) is 9.48 Å². The van der Waals surface area contributed by atoms with Crippen LogP contribution in [0.2, 0.25) is 0 Å². The van der Waals surface area contributed by atoms with Crippen molar-refractivity contribution < 1.29 is 18.7 Å². The van der Waals surface area contributed by atoms with E-state index in [1.807, 2.05) is 20.8 Å². The first-order valence-corrected chi connectivity index (χ1v) is 12.4. The second-order valence-electron chi connectivity index (χ2n) is 10.4. The van der Waals surface area contributed by atoms with Crippen molar-refractivity contribution in [3.63, 3.8) is 0 Å². The standard InChI is InChI=1S/C28H31FN6O3/c1-27(2,3)38-26(37)34-15-12-28(11-14-30,13-16-34)35-18-22(24(31)36)25(33-35)32-20-8-6-7-19(17-20)21-9-4-5-10-23(21)29/h4-10,17-18H,11-13,15-16H2,1-3H3,(H2,31,36)(H,32,33). The van der Waals surface area contributed by atoms with Crippen LogP contribution >= 0.6 is 0 Å². The number of hydrogen-bond donors (Lipinski definition) is 2. The fraction of sp³-hybridized carbons (Fsp3) is 0.357. The molecule has 0 radical (unpaired) electrons. The zero-order valence-electron chi connectivity index (χ0n) is 21.7. The first-order chi connectivity index (χ1) is 18.0. The number of benzene rings is 2. The maximum absolute atomic E-state index is 14.3. The average molecular weight is 519 g/mol. The molecule has 0 atom stereocenters. The van der Waals surface area contributed by atoms with E-state index in [9.17, 15) is 19.2 Å². The number of piperidine rings is 1. The largest absolute Gasteiger partial charge is 0.444 e. The fourth-order valence-electron chi connectivity index (χ4n) is 4.55. The molecule has 3 N–H and O–H groups in total. The lowest BCUT2D eigenvalue weighted by Crippen LogP contribution is -2.49. The lowest BCUT2D eigenvalue weighted by atomic mass is 9.85. The summed E-state index contributed by atoms with van der Waals surface area (Å²) in [6.07, 6.45) is 2.17. The number of hydrogen-bond acceptors (Lipinski definition) is 6. The minimum Gasteiger partial charge on any atom is -0.444 e. The number of rotatable bonds is 6. The number of amides is 2. The number of carbonyl (C=O) groups is 2. The fourth-order valence-corrected chi connectivity index (χ4v) is 4.55. The van der Waals surface area contributed by atoms with Crippen molar-refractivity contribution in [3.05, 3.63) is 66.1 Å². The van der Waals surface area contributed by atoms with Crippen LogP contribution in [0.4, 0.5) is 20.7 Å². The molecular formula is C28H31FN6O3. The van der Waals surface area contributed by atoms with Crippen molar-refractivity contribution in [3.8, 4) is 17.2 Å². The molecule has 2 heterocycles. The van der Waals surface area contributed by atoms with Gasteiger partial charge in [0.2, 0.25) is 0 Å². The van der Waals surface area contributed by atoms with Gasteiger partial charge in [-0.05, 0) is 57.4 Å². The van der Waals surface area contributed by atoms with Gasteiger partial charge in [0.05, 0.1) is 18.0 Å². The summed E-state index contributed by atoms with van der Waals surface area (Å²) in [6, 6.07) is 15.8. The summed E-state index contributed by atoms with van der Waals surface area (Å²) in [7, 11) is 0. The van der Waals surface area contributed by atoms with Gasteiger partial charge in [-0.1, -0.05) is 30.3 Å². The van der Waals surface area contributed by atoms with Crippen molar-refractivity contribution in [1.29, 1.82) is 5.26 Å². The monoisotopic (exact) mass is 518 g/mol. The summed E-state index contributed by atoms with van der Waals surface area (Å²) in [4.78, 5) is 26.5. The quantitative estimate of drug-likeness (QED) is 0.464. The number of nitrogens with two attached hydrogens (primary N) is 1. The summed E-state index contributed by atoms with van der Waals surface area (Å²) in [5.41, 5.74) is 6.19. The third kappa shape index (κ3) is 5.78.